The molecule has 19 heavy (non-hydrogen) atoms. The Morgan fingerprint density at radius 3 is 3.05 bits per heavy atom. The summed E-state index contributed by atoms with van der Waals surface area (Å²) in [7, 11) is 0. The molecule has 1 heterocycles. The van der Waals surface area contributed by atoms with Crippen molar-refractivity contribution in [2.45, 2.75) is 19.4 Å². The quantitative estimate of drug-likeness (QED) is 0.832. The second-order valence-electron chi connectivity index (χ2n) is 4.28. The van der Waals surface area contributed by atoms with Gasteiger partial charge in [-0.25, -0.2) is 9.67 Å². The van der Waals surface area contributed by atoms with Crippen LogP contribution in [-0.2, 0) is 0 Å². The highest BCUT2D eigenvalue weighted by Gasteiger charge is 2.07. The molecule has 2 N–H and O–H groups in total. The first-order chi connectivity index (χ1) is 9.16. The topological polar surface area (TPSA) is 80.0 Å². The molecule has 0 bridgehead atoms. The highest BCUT2D eigenvalue weighted by molar-refractivity contribution is 5.94. The third-order valence-electron chi connectivity index (χ3n) is 2.64. The minimum Gasteiger partial charge on any atom is -0.393 e. The first kappa shape index (κ1) is 13.2. The number of nitrogens with one attached hydrogen (secondary N) is 1. The number of aliphatic hydroxyl groups excluding tert-OH is 1. The summed E-state index contributed by atoms with van der Waals surface area (Å²) in [5, 5.41) is 15.9. The van der Waals surface area contributed by atoms with E-state index in [1.54, 1.807) is 36.1 Å². The monoisotopic (exact) mass is 260 g/mol. The van der Waals surface area contributed by atoms with Crippen molar-refractivity contribution in [1.82, 2.24) is 20.1 Å². The zero-order valence-corrected chi connectivity index (χ0v) is 10.7. The number of nitrogens with zero attached hydrogens (tertiary/aromatic N) is 3. The Morgan fingerprint density at radius 1 is 1.53 bits per heavy atom. The van der Waals surface area contributed by atoms with E-state index in [4.69, 9.17) is 5.11 Å². The lowest BCUT2D eigenvalue weighted by molar-refractivity contribution is 0.0945. The zero-order chi connectivity index (χ0) is 13.7. The maximum absolute atomic E-state index is 11.9. The van der Waals surface area contributed by atoms with Crippen LogP contribution in [0.3, 0.4) is 0 Å². The first-order valence-corrected chi connectivity index (χ1v) is 6.08. The summed E-state index contributed by atoms with van der Waals surface area (Å²) >= 11 is 0. The number of hydrogen-bond donors (Lipinski definition) is 2. The lowest BCUT2D eigenvalue weighted by Gasteiger charge is -2.08. The summed E-state index contributed by atoms with van der Waals surface area (Å²) < 4.78 is 1.59. The van der Waals surface area contributed by atoms with Gasteiger partial charge in [-0.2, -0.15) is 5.10 Å². The van der Waals surface area contributed by atoms with Gasteiger partial charge in [-0.3, -0.25) is 4.79 Å². The van der Waals surface area contributed by atoms with Crippen molar-refractivity contribution in [1.29, 1.82) is 0 Å². The highest BCUT2D eigenvalue weighted by atomic mass is 16.3. The summed E-state index contributed by atoms with van der Waals surface area (Å²) in [5.74, 6) is -0.164. The van der Waals surface area contributed by atoms with Gasteiger partial charge in [-0.05, 0) is 31.5 Å². The Hall–Kier alpha value is -2.21. The highest BCUT2D eigenvalue weighted by Crippen LogP contribution is 2.08. The Balaban J connectivity index is 2.04. The molecule has 100 valence electrons. The van der Waals surface area contributed by atoms with Crippen molar-refractivity contribution in [3.63, 3.8) is 0 Å². The second kappa shape index (κ2) is 6.10. The normalized spacial score (nSPS) is 12.1. The first-order valence-electron chi connectivity index (χ1n) is 6.08. The lowest BCUT2D eigenvalue weighted by Crippen LogP contribution is -2.26. The van der Waals surface area contributed by atoms with Crippen LogP contribution in [0, 0.1) is 0 Å². The molecule has 0 spiro atoms. The zero-order valence-electron chi connectivity index (χ0n) is 10.7. The molecule has 0 saturated heterocycles. The molecule has 0 aliphatic carbocycles. The average molecular weight is 260 g/mol. The van der Waals surface area contributed by atoms with Gasteiger partial charge in [0.1, 0.15) is 12.7 Å². The summed E-state index contributed by atoms with van der Waals surface area (Å²) in [6.45, 7) is 2.14. The van der Waals surface area contributed by atoms with Crippen molar-refractivity contribution < 1.29 is 9.90 Å². The van der Waals surface area contributed by atoms with Gasteiger partial charge in [0.05, 0.1) is 11.8 Å². The van der Waals surface area contributed by atoms with Gasteiger partial charge in [-0.15, -0.1) is 0 Å². The van der Waals surface area contributed by atoms with Gasteiger partial charge in [0, 0.05) is 12.1 Å². The van der Waals surface area contributed by atoms with E-state index in [0.717, 1.165) is 5.69 Å². The van der Waals surface area contributed by atoms with Crippen LogP contribution in [0.2, 0.25) is 0 Å². The largest absolute Gasteiger partial charge is 0.393 e. The molecule has 1 aromatic heterocycles. The summed E-state index contributed by atoms with van der Waals surface area (Å²) in [5.41, 5.74) is 1.33. The Kier molecular flexibility index (Phi) is 4.25. The SMILES string of the molecule is CC(O)CCNC(=O)c1cccc(-n2cncn2)c1. The standard InChI is InChI=1S/C13H16N4O2/c1-10(18)5-6-15-13(19)11-3-2-4-12(7-11)17-9-14-8-16-17/h2-4,7-10,18H,5-6H2,1H3,(H,15,19). The van der Waals surface area contributed by atoms with E-state index in [2.05, 4.69) is 15.4 Å². The van der Waals surface area contributed by atoms with Crippen LogP contribution in [0.5, 0.6) is 0 Å². The molecule has 1 amide bonds. The van der Waals surface area contributed by atoms with Crippen LogP contribution in [0.4, 0.5) is 0 Å². The van der Waals surface area contributed by atoms with E-state index in [0.29, 0.717) is 18.5 Å². The minimum atomic E-state index is -0.415. The van der Waals surface area contributed by atoms with Crippen molar-refractivity contribution in [3.8, 4) is 5.69 Å². The van der Waals surface area contributed by atoms with Crippen LogP contribution in [0.15, 0.2) is 36.9 Å². The molecule has 2 rings (SSSR count). The Bertz CT molecular complexity index is 537. The average Bonchev–Trinajstić information content (AvgIpc) is 2.92. The van der Waals surface area contributed by atoms with Gasteiger partial charge in [0.15, 0.2) is 0 Å². The third-order valence-corrected chi connectivity index (χ3v) is 2.64. The number of rotatable bonds is 5. The molecule has 1 atom stereocenters. The smallest absolute Gasteiger partial charge is 0.251 e. The van der Waals surface area contributed by atoms with Crippen LogP contribution in [0.1, 0.15) is 23.7 Å². The molecular weight excluding hydrogens is 244 g/mol. The number of benzene rings is 1. The maximum Gasteiger partial charge on any atom is 0.251 e. The summed E-state index contributed by atoms with van der Waals surface area (Å²) in [6.07, 6.45) is 3.13. The fourth-order valence-electron chi connectivity index (χ4n) is 1.63. The van der Waals surface area contributed by atoms with Gasteiger partial charge >= 0.3 is 0 Å². The van der Waals surface area contributed by atoms with E-state index < -0.39 is 6.10 Å². The van der Waals surface area contributed by atoms with Gasteiger partial charge < -0.3 is 10.4 Å². The number of hydrogen-bond acceptors (Lipinski definition) is 4. The molecular formula is C13H16N4O2. The number of carbonyl (C=O) groups excluding carboxylic acids is 1. The van der Waals surface area contributed by atoms with Gasteiger partial charge in [0.2, 0.25) is 0 Å². The molecule has 0 aliphatic heterocycles. The van der Waals surface area contributed by atoms with E-state index in [1.165, 1.54) is 6.33 Å². The molecule has 2 aromatic rings. The molecule has 1 aromatic carbocycles. The molecule has 6 heteroatoms. The van der Waals surface area contributed by atoms with E-state index in [1.807, 2.05) is 6.07 Å². The molecule has 1 unspecified atom stereocenters. The predicted octanol–water partition coefficient (Wildman–Crippen LogP) is 0.768. The van der Waals surface area contributed by atoms with E-state index in [-0.39, 0.29) is 5.91 Å². The number of aliphatic hydroxyl groups is 1. The van der Waals surface area contributed by atoms with Crippen molar-refractivity contribution in [3.05, 3.63) is 42.5 Å². The van der Waals surface area contributed by atoms with Crippen LogP contribution in [0.25, 0.3) is 5.69 Å². The summed E-state index contributed by atoms with van der Waals surface area (Å²) in [6, 6.07) is 7.12. The Labute approximate surface area is 111 Å². The lowest BCUT2D eigenvalue weighted by atomic mass is 10.2. The van der Waals surface area contributed by atoms with Crippen molar-refractivity contribution >= 4 is 5.91 Å². The minimum absolute atomic E-state index is 0.164. The van der Waals surface area contributed by atoms with Gasteiger partial charge in [-0.1, -0.05) is 6.07 Å². The molecule has 0 fully saturated rings. The number of aromatic nitrogens is 3. The second-order valence-corrected chi connectivity index (χ2v) is 4.28. The molecule has 0 aliphatic rings. The number of carbonyl (C=O) groups is 1. The van der Waals surface area contributed by atoms with Crippen LogP contribution in [-0.4, -0.2) is 38.4 Å². The maximum atomic E-state index is 11.9. The van der Waals surface area contributed by atoms with Gasteiger partial charge in [0.25, 0.3) is 5.91 Å². The fraction of sp³-hybridized carbons (Fsp3) is 0.308. The summed E-state index contributed by atoms with van der Waals surface area (Å²) in [4.78, 5) is 15.8. The molecule has 0 radical (unpaired) electrons. The number of amides is 1. The van der Waals surface area contributed by atoms with E-state index in [9.17, 15) is 4.79 Å². The Morgan fingerprint density at radius 2 is 2.37 bits per heavy atom. The fourth-order valence-corrected chi connectivity index (χ4v) is 1.63. The molecule has 6 nitrogen and oxygen atoms in total. The van der Waals surface area contributed by atoms with Crippen LogP contribution >= 0.6 is 0 Å². The van der Waals surface area contributed by atoms with Crippen molar-refractivity contribution in [2.24, 2.45) is 0 Å². The van der Waals surface area contributed by atoms with Crippen LogP contribution < -0.4 is 5.32 Å². The predicted molar refractivity (Wildman–Crippen MR) is 70.0 cm³/mol. The van der Waals surface area contributed by atoms with Crippen molar-refractivity contribution in [2.75, 3.05) is 6.54 Å². The molecule has 0 saturated carbocycles. The third kappa shape index (κ3) is 3.62. The van der Waals surface area contributed by atoms with E-state index >= 15 is 0 Å².